The first-order valence-corrected chi connectivity index (χ1v) is 7.40. The summed E-state index contributed by atoms with van der Waals surface area (Å²) in [6, 6.07) is -0.0210. The molecule has 2 rings (SSSR count). The lowest BCUT2D eigenvalue weighted by atomic mass is 10.1. The van der Waals surface area contributed by atoms with Crippen LogP contribution >= 0.6 is 0 Å². The van der Waals surface area contributed by atoms with Crippen LogP contribution in [0.25, 0.3) is 0 Å². The second-order valence-electron chi connectivity index (χ2n) is 6.43. The first-order chi connectivity index (χ1) is 10.3. The van der Waals surface area contributed by atoms with Gasteiger partial charge in [-0.3, -0.25) is 4.68 Å². The number of hydrogen-bond acceptors (Lipinski definition) is 4. The molecule has 1 aliphatic rings. The minimum atomic E-state index is -0.500. The van der Waals surface area contributed by atoms with E-state index >= 15 is 0 Å². The summed E-state index contributed by atoms with van der Waals surface area (Å²) in [6.07, 6.45) is 8.35. The third-order valence-electron chi connectivity index (χ3n) is 3.47. The van der Waals surface area contributed by atoms with E-state index in [0.29, 0.717) is 19.7 Å². The first-order valence-electron chi connectivity index (χ1n) is 7.40. The van der Waals surface area contributed by atoms with Gasteiger partial charge in [0.15, 0.2) is 0 Å². The molecule has 0 aromatic carbocycles. The Bertz CT molecular complexity index is 568. The molecule has 1 saturated heterocycles. The third-order valence-corrected chi connectivity index (χ3v) is 3.47. The van der Waals surface area contributed by atoms with Crippen LogP contribution in [0.5, 0.6) is 0 Å². The number of ether oxygens (including phenoxy) is 2. The monoisotopic (exact) mass is 305 g/mol. The van der Waals surface area contributed by atoms with Crippen LogP contribution in [-0.2, 0) is 9.47 Å². The Balaban J connectivity index is 2.01. The zero-order valence-corrected chi connectivity index (χ0v) is 13.6. The van der Waals surface area contributed by atoms with Crippen LogP contribution in [0.4, 0.5) is 4.79 Å². The van der Waals surface area contributed by atoms with Crippen molar-refractivity contribution < 1.29 is 14.3 Å². The van der Waals surface area contributed by atoms with Crippen LogP contribution in [0.3, 0.4) is 0 Å². The highest BCUT2D eigenvalue weighted by molar-refractivity contribution is 5.68. The van der Waals surface area contributed by atoms with E-state index in [9.17, 15) is 4.79 Å². The van der Waals surface area contributed by atoms with Crippen LogP contribution < -0.4 is 0 Å². The Morgan fingerprint density at radius 1 is 1.59 bits per heavy atom. The second kappa shape index (κ2) is 6.41. The average molecular weight is 305 g/mol. The average Bonchev–Trinajstić information content (AvgIpc) is 2.93. The maximum Gasteiger partial charge on any atom is 0.410 e. The summed E-state index contributed by atoms with van der Waals surface area (Å²) in [6.45, 7) is 9.06. The van der Waals surface area contributed by atoms with Crippen molar-refractivity contribution in [3.05, 3.63) is 18.0 Å². The van der Waals surface area contributed by atoms with Crippen molar-refractivity contribution in [2.45, 2.75) is 45.4 Å². The van der Waals surface area contributed by atoms with E-state index in [1.165, 1.54) is 0 Å². The van der Waals surface area contributed by atoms with Crippen molar-refractivity contribution >= 4 is 6.09 Å². The molecule has 0 aliphatic carbocycles. The van der Waals surface area contributed by atoms with Crippen molar-refractivity contribution in [1.29, 1.82) is 0 Å². The molecule has 0 saturated carbocycles. The summed E-state index contributed by atoms with van der Waals surface area (Å²) in [7, 11) is 0. The fourth-order valence-electron chi connectivity index (χ4n) is 2.27. The van der Waals surface area contributed by atoms with Crippen molar-refractivity contribution in [2.24, 2.45) is 0 Å². The first kappa shape index (κ1) is 16.4. The highest BCUT2D eigenvalue weighted by atomic mass is 16.6. The molecular formula is C16H23N3O3. The van der Waals surface area contributed by atoms with E-state index in [1.54, 1.807) is 22.0 Å². The maximum absolute atomic E-state index is 12.2. The Labute approximate surface area is 131 Å². The van der Waals surface area contributed by atoms with Crippen LogP contribution in [0.2, 0.25) is 0 Å². The van der Waals surface area contributed by atoms with Crippen LogP contribution in [0.1, 0.15) is 39.3 Å². The Kier molecular flexibility index (Phi) is 4.77. The number of rotatable bonds is 2. The number of terminal acetylenes is 1. The minimum absolute atomic E-state index is 0.0210. The lowest BCUT2D eigenvalue weighted by Crippen LogP contribution is -2.49. The summed E-state index contributed by atoms with van der Waals surface area (Å²) in [5.41, 5.74) is 0.229. The predicted octanol–water partition coefficient (Wildman–Crippen LogP) is 2.06. The van der Waals surface area contributed by atoms with Crippen LogP contribution in [0.15, 0.2) is 12.4 Å². The summed E-state index contributed by atoms with van der Waals surface area (Å²) in [5.74, 6) is 2.55. The SMILES string of the molecule is C#Cc1cnn(C(C)C2CN(C(=O)OC(C)(C)C)CCO2)c1. The van der Waals surface area contributed by atoms with Crippen molar-refractivity contribution in [3.63, 3.8) is 0 Å². The number of hydrogen-bond donors (Lipinski definition) is 0. The second-order valence-corrected chi connectivity index (χ2v) is 6.43. The molecule has 6 nitrogen and oxygen atoms in total. The Morgan fingerprint density at radius 2 is 2.32 bits per heavy atom. The molecule has 1 fully saturated rings. The fourth-order valence-corrected chi connectivity index (χ4v) is 2.27. The predicted molar refractivity (Wildman–Crippen MR) is 82.4 cm³/mol. The van der Waals surface area contributed by atoms with Gasteiger partial charge in [0.25, 0.3) is 0 Å². The van der Waals surface area contributed by atoms with Gasteiger partial charge in [0, 0.05) is 12.7 Å². The molecule has 1 aliphatic heterocycles. The van der Waals surface area contributed by atoms with E-state index in [1.807, 2.05) is 27.7 Å². The molecule has 2 unspecified atom stereocenters. The topological polar surface area (TPSA) is 56.6 Å². The summed E-state index contributed by atoms with van der Waals surface area (Å²) in [4.78, 5) is 13.9. The molecule has 0 radical (unpaired) electrons. The Morgan fingerprint density at radius 3 is 2.91 bits per heavy atom. The van der Waals surface area contributed by atoms with Crippen molar-refractivity contribution in [1.82, 2.24) is 14.7 Å². The van der Waals surface area contributed by atoms with Crippen molar-refractivity contribution in [2.75, 3.05) is 19.7 Å². The van der Waals surface area contributed by atoms with Crippen LogP contribution in [-0.4, -0.2) is 52.2 Å². The number of aromatic nitrogens is 2. The van der Waals surface area contributed by atoms with Gasteiger partial charge >= 0.3 is 6.09 Å². The largest absolute Gasteiger partial charge is 0.444 e. The quantitative estimate of drug-likeness (QED) is 0.785. The van der Waals surface area contributed by atoms with Gasteiger partial charge in [0.1, 0.15) is 5.60 Å². The highest BCUT2D eigenvalue weighted by Gasteiger charge is 2.31. The van der Waals surface area contributed by atoms with E-state index in [0.717, 1.165) is 5.56 Å². The fraction of sp³-hybridized carbons (Fsp3) is 0.625. The van der Waals surface area contributed by atoms with Gasteiger partial charge in [-0.2, -0.15) is 5.10 Å². The molecule has 1 aromatic rings. The molecule has 2 heterocycles. The molecule has 1 aromatic heterocycles. The zero-order valence-electron chi connectivity index (χ0n) is 13.6. The number of morpholine rings is 1. The maximum atomic E-state index is 12.2. The van der Waals surface area contributed by atoms with Crippen LogP contribution in [0, 0.1) is 12.3 Å². The van der Waals surface area contributed by atoms with Crippen molar-refractivity contribution in [3.8, 4) is 12.3 Å². The normalized spacial score (nSPS) is 20.3. The summed E-state index contributed by atoms with van der Waals surface area (Å²) in [5, 5.41) is 4.25. The van der Waals surface area contributed by atoms with Gasteiger partial charge in [0.05, 0.1) is 37.1 Å². The highest BCUT2D eigenvalue weighted by Crippen LogP contribution is 2.20. The van der Waals surface area contributed by atoms with E-state index < -0.39 is 5.60 Å². The van der Waals surface area contributed by atoms with E-state index in [-0.39, 0.29) is 18.2 Å². The standard InChI is InChI=1S/C16H23N3O3/c1-6-13-9-17-19(10-13)12(2)14-11-18(7-8-21-14)15(20)22-16(3,4)5/h1,9-10,12,14H,7-8,11H2,2-5H3. The molecule has 1 amide bonds. The van der Waals surface area contributed by atoms with Gasteiger partial charge in [0.2, 0.25) is 0 Å². The molecule has 6 heteroatoms. The zero-order chi connectivity index (χ0) is 16.3. The summed E-state index contributed by atoms with van der Waals surface area (Å²) >= 11 is 0. The number of carbonyl (C=O) groups is 1. The summed E-state index contributed by atoms with van der Waals surface area (Å²) < 4.78 is 13.0. The van der Waals surface area contributed by atoms with Gasteiger partial charge in [-0.05, 0) is 27.7 Å². The molecule has 22 heavy (non-hydrogen) atoms. The van der Waals surface area contributed by atoms with E-state index in [2.05, 4.69) is 11.0 Å². The number of amides is 1. The van der Waals surface area contributed by atoms with Gasteiger partial charge in [-0.25, -0.2) is 4.79 Å². The molecule has 120 valence electrons. The molecule has 0 spiro atoms. The molecule has 0 N–H and O–H groups in total. The lowest BCUT2D eigenvalue weighted by molar-refractivity contribution is -0.0595. The molecule has 0 bridgehead atoms. The number of carbonyl (C=O) groups excluding carboxylic acids is 1. The smallest absolute Gasteiger partial charge is 0.410 e. The van der Waals surface area contributed by atoms with E-state index in [4.69, 9.17) is 15.9 Å². The molecule has 2 atom stereocenters. The van der Waals surface area contributed by atoms with Gasteiger partial charge in [-0.1, -0.05) is 5.92 Å². The lowest BCUT2D eigenvalue weighted by Gasteiger charge is -2.36. The van der Waals surface area contributed by atoms with Gasteiger partial charge < -0.3 is 14.4 Å². The third kappa shape index (κ3) is 4.01. The minimum Gasteiger partial charge on any atom is -0.444 e. The number of nitrogens with zero attached hydrogens (tertiary/aromatic N) is 3. The Hall–Kier alpha value is -2.00. The van der Waals surface area contributed by atoms with Gasteiger partial charge in [-0.15, -0.1) is 6.42 Å². The molecular weight excluding hydrogens is 282 g/mol.